The highest BCUT2D eigenvalue weighted by molar-refractivity contribution is 6.01. The number of hydrogen-bond acceptors (Lipinski definition) is 4. The maximum Gasteiger partial charge on any atom is 0.254 e. The Kier molecular flexibility index (Phi) is 4.24. The third-order valence-electron chi connectivity index (χ3n) is 6.57. The molecule has 1 fully saturated rings. The van der Waals surface area contributed by atoms with Crippen molar-refractivity contribution < 1.29 is 9.59 Å². The van der Waals surface area contributed by atoms with Crippen LogP contribution in [0.25, 0.3) is 27.9 Å². The highest BCUT2D eigenvalue weighted by Crippen LogP contribution is 2.30. The van der Waals surface area contributed by atoms with Gasteiger partial charge >= 0.3 is 0 Å². The third-order valence-corrected chi connectivity index (χ3v) is 6.57. The molecule has 7 heteroatoms. The first-order valence-electron chi connectivity index (χ1n) is 11.0. The SMILES string of the molecule is CN1Cc2cc(-c3nc4cc(C(=O)N5CCCCC5)ccc4c4nccn34)ccc2C1=O. The van der Waals surface area contributed by atoms with Gasteiger partial charge in [0.15, 0.2) is 0 Å². The molecule has 32 heavy (non-hydrogen) atoms. The number of likely N-dealkylation sites (tertiary alicyclic amines) is 1. The Balaban J connectivity index is 1.48. The number of amides is 2. The summed E-state index contributed by atoms with van der Waals surface area (Å²) >= 11 is 0. The number of carbonyl (C=O) groups is 2. The molecule has 4 heterocycles. The first-order valence-corrected chi connectivity index (χ1v) is 11.0. The summed E-state index contributed by atoms with van der Waals surface area (Å²) < 4.78 is 1.97. The fourth-order valence-electron chi connectivity index (χ4n) is 4.88. The molecule has 0 radical (unpaired) electrons. The molecule has 7 nitrogen and oxygen atoms in total. The molecule has 2 amide bonds. The van der Waals surface area contributed by atoms with Crippen LogP contribution in [-0.2, 0) is 6.54 Å². The van der Waals surface area contributed by atoms with Gasteiger partial charge < -0.3 is 9.80 Å². The zero-order valence-corrected chi connectivity index (χ0v) is 17.9. The summed E-state index contributed by atoms with van der Waals surface area (Å²) in [6.45, 7) is 2.23. The minimum absolute atomic E-state index is 0.0478. The van der Waals surface area contributed by atoms with Crippen LogP contribution in [0, 0.1) is 0 Å². The molecule has 1 saturated heterocycles. The van der Waals surface area contributed by atoms with E-state index in [0.717, 1.165) is 65.0 Å². The predicted octanol–water partition coefficient (Wildman–Crippen LogP) is 3.76. The van der Waals surface area contributed by atoms with Crippen molar-refractivity contribution in [1.82, 2.24) is 24.2 Å². The van der Waals surface area contributed by atoms with Crippen molar-refractivity contribution >= 4 is 28.4 Å². The van der Waals surface area contributed by atoms with Gasteiger partial charge in [0.1, 0.15) is 11.5 Å². The highest BCUT2D eigenvalue weighted by atomic mass is 16.2. The van der Waals surface area contributed by atoms with Crippen molar-refractivity contribution in [2.45, 2.75) is 25.8 Å². The summed E-state index contributed by atoms with van der Waals surface area (Å²) in [5.74, 6) is 0.862. The summed E-state index contributed by atoms with van der Waals surface area (Å²) in [4.78, 5) is 38.5. The summed E-state index contributed by atoms with van der Waals surface area (Å²) in [6.07, 6.45) is 6.97. The second-order valence-electron chi connectivity index (χ2n) is 8.67. The van der Waals surface area contributed by atoms with Gasteiger partial charge in [-0.1, -0.05) is 6.07 Å². The monoisotopic (exact) mass is 425 g/mol. The van der Waals surface area contributed by atoms with E-state index in [1.54, 1.807) is 11.1 Å². The van der Waals surface area contributed by atoms with Gasteiger partial charge in [-0.25, -0.2) is 9.97 Å². The van der Waals surface area contributed by atoms with Crippen LogP contribution < -0.4 is 0 Å². The Morgan fingerprint density at radius 1 is 1.03 bits per heavy atom. The average molecular weight is 425 g/mol. The lowest BCUT2D eigenvalue weighted by Gasteiger charge is -2.26. The largest absolute Gasteiger partial charge is 0.339 e. The molecular formula is C25H23N5O2. The summed E-state index contributed by atoms with van der Waals surface area (Å²) in [7, 11) is 1.81. The number of hydrogen-bond donors (Lipinski definition) is 0. The Bertz CT molecular complexity index is 1400. The lowest BCUT2D eigenvalue weighted by molar-refractivity contribution is 0.0724. The molecule has 0 saturated carbocycles. The zero-order chi connectivity index (χ0) is 21.8. The van der Waals surface area contributed by atoms with E-state index in [-0.39, 0.29) is 11.8 Å². The topological polar surface area (TPSA) is 70.8 Å². The second kappa shape index (κ2) is 7.15. The molecule has 0 spiro atoms. The molecule has 160 valence electrons. The molecule has 0 unspecified atom stereocenters. The standard InChI is InChI=1S/C25H23N5O2/c1-28-15-18-13-16(5-7-19(18)25(28)32)22-27-21-14-17(24(31)29-10-3-2-4-11-29)6-8-20(21)23-26-9-12-30(22)23/h5-9,12-14H,2-4,10-11,15H2,1H3. The maximum absolute atomic E-state index is 13.0. The van der Waals surface area contributed by atoms with Gasteiger partial charge in [0.2, 0.25) is 0 Å². The Morgan fingerprint density at radius 3 is 2.72 bits per heavy atom. The van der Waals surface area contributed by atoms with E-state index in [0.29, 0.717) is 12.1 Å². The van der Waals surface area contributed by atoms with E-state index in [9.17, 15) is 9.59 Å². The van der Waals surface area contributed by atoms with Crippen molar-refractivity contribution in [3.05, 3.63) is 65.5 Å². The molecule has 4 aromatic rings. The van der Waals surface area contributed by atoms with Gasteiger partial charge in [0, 0.05) is 61.2 Å². The third kappa shape index (κ3) is 2.88. The smallest absolute Gasteiger partial charge is 0.254 e. The van der Waals surface area contributed by atoms with Crippen LogP contribution >= 0.6 is 0 Å². The van der Waals surface area contributed by atoms with E-state index in [2.05, 4.69) is 4.98 Å². The summed E-state index contributed by atoms with van der Waals surface area (Å²) in [5.41, 5.74) is 4.87. The van der Waals surface area contributed by atoms with Crippen LogP contribution in [0.5, 0.6) is 0 Å². The first-order chi connectivity index (χ1) is 15.6. The van der Waals surface area contributed by atoms with Crippen LogP contribution in [0.15, 0.2) is 48.8 Å². The number of fused-ring (bicyclic) bond motifs is 4. The van der Waals surface area contributed by atoms with Crippen molar-refractivity contribution in [2.75, 3.05) is 20.1 Å². The van der Waals surface area contributed by atoms with E-state index in [4.69, 9.17) is 4.98 Å². The minimum Gasteiger partial charge on any atom is -0.339 e. The fourth-order valence-corrected chi connectivity index (χ4v) is 4.88. The first kappa shape index (κ1) is 19.0. The van der Waals surface area contributed by atoms with Gasteiger partial charge in [-0.05, 0) is 55.2 Å². The van der Waals surface area contributed by atoms with Gasteiger partial charge in [-0.2, -0.15) is 0 Å². The molecule has 0 N–H and O–H groups in total. The number of benzene rings is 2. The molecule has 2 aromatic carbocycles. The van der Waals surface area contributed by atoms with Gasteiger partial charge in [-0.3, -0.25) is 14.0 Å². The highest BCUT2D eigenvalue weighted by Gasteiger charge is 2.25. The van der Waals surface area contributed by atoms with Crippen LogP contribution in [0.4, 0.5) is 0 Å². The van der Waals surface area contributed by atoms with E-state index >= 15 is 0 Å². The van der Waals surface area contributed by atoms with Crippen molar-refractivity contribution in [1.29, 1.82) is 0 Å². The summed E-state index contributed by atoms with van der Waals surface area (Å²) in [5, 5.41) is 0.907. The molecule has 0 atom stereocenters. The number of nitrogens with zero attached hydrogens (tertiary/aromatic N) is 5. The summed E-state index contributed by atoms with van der Waals surface area (Å²) in [6, 6.07) is 11.6. The number of piperidine rings is 1. The van der Waals surface area contributed by atoms with Crippen LogP contribution in [-0.4, -0.2) is 56.1 Å². The molecular weight excluding hydrogens is 402 g/mol. The number of aromatic nitrogens is 3. The molecule has 2 aliphatic heterocycles. The Morgan fingerprint density at radius 2 is 1.88 bits per heavy atom. The van der Waals surface area contributed by atoms with Gasteiger partial charge in [-0.15, -0.1) is 0 Å². The van der Waals surface area contributed by atoms with E-state index < -0.39 is 0 Å². The van der Waals surface area contributed by atoms with Crippen LogP contribution in [0.2, 0.25) is 0 Å². The second-order valence-corrected chi connectivity index (χ2v) is 8.67. The van der Waals surface area contributed by atoms with Crippen molar-refractivity contribution in [3.63, 3.8) is 0 Å². The Labute approximate surface area is 185 Å². The molecule has 2 aromatic heterocycles. The van der Waals surface area contributed by atoms with E-state index in [1.165, 1.54) is 6.42 Å². The number of carbonyl (C=O) groups excluding carboxylic acids is 2. The van der Waals surface area contributed by atoms with Crippen LogP contribution in [0.1, 0.15) is 45.5 Å². The molecule has 2 aliphatic rings. The number of imidazole rings is 1. The van der Waals surface area contributed by atoms with Crippen molar-refractivity contribution in [2.24, 2.45) is 0 Å². The molecule has 0 bridgehead atoms. The lowest BCUT2D eigenvalue weighted by atomic mass is 10.0. The Hall–Kier alpha value is -3.74. The molecule has 0 aliphatic carbocycles. The minimum atomic E-state index is 0.0478. The van der Waals surface area contributed by atoms with Gasteiger partial charge in [0.25, 0.3) is 11.8 Å². The maximum atomic E-state index is 13.0. The van der Waals surface area contributed by atoms with Gasteiger partial charge in [0.05, 0.1) is 5.52 Å². The van der Waals surface area contributed by atoms with Crippen molar-refractivity contribution in [3.8, 4) is 11.4 Å². The lowest BCUT2D eigenvalue weighted by Crippen LogP contribution is -2.35. The molecule has 6 rings (SSSR count). The normalized spacial score (nSPS) is 16.2. The predicted molar refractivity (Wildman–Crippen MR) is 121 cm³/mol. The number of rotatable bonds is 2. The zero-order valence-electron chi connectivity index (χ0n) is 17.9. The quantitative estimate of drug-likeness (QED) is 0.490. The van der Waals surface area contributed by atoms with E-state index in [1.807, 2.05) is 58.9 Å². The van der Waals surface area contributed by atoms with Crippen LogP contribution in [0.3, 0.4) is 0 Å². The fraction of sp³-hybridized carbons (Fsp3) is 0.280. The average Bonchev–Trinajstić information content (AvgIpc) is 3.43.